The molecule has 1 aliphatic rings. The van der Waals surface area contributed by atoms with Gasteiger partial charge in [0.05, 0.1) is 18.0 Å². The molecule has 0 spiro atoms. The average Bonchev–Trinajstić information content (AvgIpc) is 3.32. The maximum Gasteiger partial charge on any atom is 0.261 e. The van der Waals surface area contributed by atoms with E-state index in [0.29, 0.717) is 46.3 Å². The van der Waals surface area contributed by atoms with Crippen molar-refractivity contribution in [1.29, 1.82) is 0 Å². The predicted octanol–water partition coefficient (Wildman–Crippen LogP) is 5.02. The lowest BCUT2D eigenvalue weighted by Gasteiger charge is -2.29. The second-order valence-corrected chi connectivity index (χ2v) is 9.11. The average molecular weight is 482 g/mol. The van der Waals surface area contributed by atoms with Crippen molar-refractivity contribution in [2.45, 2.75) is 52.2 Å². The van der Waals surface area contributed by atoms with Gasteiger partial charge in [-0.25, -0.2) is 14.4 Å². The molecule has 1 aromatic carbocycles. The third-order valence-electron chi connectivity index (χ3n) is 6.54. The third-order valence-corrected chi connectivity index (χ3v) is 6.77. The maximum atomic E-state index is 15.0. The van der Waals surface area contributed by atoms with Gasteiger partial charge in [0, 0.05) is 58.9 Å². The summed E-state index contributed by atoms with van der Waals surface area (Å²) in [5.74, 6) is -0.487. The number of halogens is 2. The molecule has 4 heterocycles. The standard InChI is InChI=1S/C25H25ClFN5O2/c1-4-31-12-17(11-28-31)22-9-16(7-8-34-22)21-13-32-24(29-15(3)14(2)25(32)33)23(30-21)19-6-5-18(26)10-20(19)27/h5-6,10-13,16,22H,4,7-9H2,1-3H3/t16-,22+/m0/s1. The van der Waals surface area contributed by atoms with E-state index in [1.807, 2.05) is 24.0 Å². The lowest BCUT2D eigenvalue weighted by atomic mass is 9.90. The normalized spacial score (nSPS) is 18.5. The molecule has 1 saturated heterocycles. The Morgan fingerprint density at radius 1 is 1.24 bits per heavy atom. The van der Waals surface area contributed by atoms with E-state index in [4.69, 9.17) is 21.3 Å². The molecule has 0 bridgehead atoms. The molecule has 0 aliphatic carbocycles. The topological polar surface area (TPSA) is 74.3 Å². The summed E-state index contributed by atoms with van der Waals surface area (Å²) in [6.07, 6.45) is 6.88. The molecule has 9 heteroatoms. The molecule has 34 heavy (non-hydrogen) atoms. The van der Waals surface area contributed by atoms with E-state index in [1.54, 1.807) is 32.2 Å². The first-order valence-corrected chi connectivity index (χ1v) is 11.7. The number of rotatable bonds is 4. The van der Waals surface area contributed by atoms with Gasteiger partial charge in [-0.15, -0.1) is 0 Å². The minimum atomic E-state index is -0.511. The SMILES string of the molecule is CCn1cc([C@H]2C[C@@H](c3cn4c(=O)c(C)c(C)nc4c(-c4ccc(Cl)cc4F)n3)CCO2)cn1. The van der Waals surface area contributed by atoms with E-state index in [0.717, 1.165) is 18.5 Å². The molecule has 1 aliphatic heterocycles. The summed E-state index contributed by atoms with van der Waals surface area (Å²) in [5, 5.41) is 4.65. The van der Waals surface area contributed by atoms with Gasteiger partial charge in [-0.3, -0.25) is 13.9 Å². The molecular formula is C25H25ClFN5O2. The molecule has 4 aromatic rings. The number of aromatic nitrogens is 5. The lowest BCUT2D eigenvalue weighted by molar-refractivity contribution is 0.00454. The Hall–Kier alpha value is -3.10. The zero-order valence-electron chi connectivity index (χ0n) is 19.3. The fraction of sp³-hybridized carbons (Fsp3) is 0.360. The number of ether oxygens (including phenoxy) is 1. The Labute approximate surface area is 201 Å². The first-order chi connectivity index (χ1) is 16.4. The van der Waals surface area contributed by atoms with Crippen molar-refractivity contribution in [1.82, 2.24) is 24.1 Å². The number of aryl methyl sites for hydroxylation is 2. The number of hydrogen-bond acceptors (Lipinski definition) is 5. The molecule has 2 atom stereocenters. The Balaban J connectivity index is 1.64. The van der Waals surface area contributed by atoms with Crippen LogP contribution >= 0.6 is 11.6 Å². The highest BCUT2D eigenvalue weighted by atomic mass is 35.5. The van der Waals surface area contributed by atoms with Crippen LogP contribution in [0.5, 0.6) is 0 Å². The summed E-state index contributed by atoms with van der Waals surface area (Å²) in [4.78, 5) is 22.6. The largest absolute Gasteiger partial charge is 0.373 e. The number of nitrogens with zero attached hydrogens (tertiary/aromatic N) is 5. The van der Waals surface area contributed by atoms with E-state index in [9.17, 15) is 9.18 Å². The molecule has 5 rings (SSSR count). The summed E-state index contributed by atoms with van der Waals surface area (Å²) in [7, 11) is 0. The zero-order chi connectivity index (χ0) is 24.0. The molecule has 0 amide bonds. The smallest absolute Gasteiger partial charge is 0.261 e. The van der Waals surface area contributed by atoms with Crippen molar-refractivity contribution in [3.8, 4) is 11.3 Å². The maximum absolute atomic E-state index is 15.0. The summed E-state index contributed by atoms with van der Waals surface area (Å²) in [6.45, 7) is 6.89. The van der Waals surface area contributed by atoms with Gasteiger partial charge in [0.2, 0.25) is 0 Å². The Morgan fingerprint density at radius 2 is 2.06 bits per heavy atom. The summed E-state index contributed by atoms with van der Waals surface area (Å²) < 4.78 is 24.4. The van der Waals surface area contributed by atoms with Crippen molar-refractivity contribution in [2.75, 3.05) is 6.61 Å². The van der Waals surface area contributed by atoms with Crippen molar-refractivity contribution >= 4 is 17.2 Å². The molecule has 0 N–H and O–H groups in total. The van der Waals surface area contributed by atoms with Gasteiger partial charge >= 0.3 is 0 Å². The molecule has 0 saturated carbocycles. The highest BCUT2D eigenvalue weighted by Gasteiger charge is 2.29. The van der Waals surface area contributed by atoms with Gasteiger partial charge in [0.15, 0.2) is 5.65 Å². The van der Waals surface area contributed by atoms with E-state index >= 15 is 0 Å². The first kappa shape index (κ1) is 22.7. The number of benzene rings is 1. The summed E-state index contributed by atoms with van der Waals surface area (Å²) in [5.41, 5.74) is 3.59. The highest BCUT2D eigenvalue weighted by Crippen LogP contribution is 2.38. The Bertz CT molecular complexity index is 1450. The fourth-order valence-electron chi connectivity index (χ4n) is 4.43. The van der Waals surface area contributed by atoms with E-state index < -0.39 is 5.82 Å². The van der Waals surface area contributed by atoms with Crippen LogP contribution in [0.15, 0.2) is 41.6 Å². The second kappa shape index (κ2) is 8.92. The van der Waals surface area contributed by atoms with Gasteiger partial charge in [-0.2, -0.15) is 5.10 Å². The number of hydrogen-bond donors (Lipinski definition) is 0. The van der Waals surface area contributed by atoms with Gasteiger partial charge in [0.25, 0.3) is 5.56 Å². The van der Waals surface area contributed by atoms with Gasteiger partial charge < -0.3 is 4.74 Å². The monoisotopic (exact) mass is 481 g/mol. The van der Waals surface area contributed by atoms with Crippen LogP contribution in [0.4, 0.5) is 4.39 Å². The first-order valence-electron chi connectivity index (χ1n) is 11.4. The molecule has 0 unspecified atom stereocenters. The third kappa shape index (κ3) is 4.01. The zero-order valence-corrected chi connectivity index (χ0v) is 20.0. The minimum absolute atomic E-state index is 0.0238. The van der Waals surface area contributed by atoms with Crippen LogP contribution in [-0.2, 0) is 11.3 Å². The van der Waals surface area contributed by atoms with Crippen molar-refractivity contribution in [3.05, 3.63) is 80.5 Å². The molecule has 1 fully saturated rings. The van der Waals surface area contributed by atoms with E-state index in [-0.39, 0.29) is 23.1 Å². The predicted molar refractivity (Wildman–Crippen MR) is 128 cm³/mol. The van der Waals surface area contributed by atoms with Gasteiger partial charge in [0.1, 0.15) is 11.5 Å². The molecule has 0 radical (unpaired) electrons. The van der Waals surface area contributed by atoms with Crippen LogP contribution in [-0.4, -0.2) is 30.8 Å². The lowest BCUT2D eigenvalue weighted by Crippen LogP contribution is -2.24. The summed E-state index contributed by atoms with van der Waals surface area (Å²) >= 11 is 5.98. The van der Waals surface area contributed by atoms with Crippen LogP contribution in [0.1, 0.15) is 54.3 Å². The summed E-state index contributed by atoms with van der Waals surface area (Å²) in [6, 6.07) is 4.44. The van der Waals surface area contributed by atoms with Crippen LogP contribution in [0.3, 0.4) is 0 Å². The molecule has 176 valence electrons. The van der Waals surface area contributed by atoms with Crippen LogP contribution in [0.2, 0.25) is 5.02 Å². The molecular weight excluding hydrogens is 457 g/mol. The molecule has 3 aromatic heterocycles. The Kier molecular flexibility index (Phi) is 5.95. The van der Waals surface area contributed by atoms with Gasteiger partial charge in [-0.1, -0.05) is 11.6 Å². The van der Waals surface area contributed by atoms with E-state index in [1.165, 1.54) is 10.5 Å². The van der Waals surface area contributed by atoms with Crippen molar-refractivity contribution in [2.24, 2.45) is 0 Å². The fourth-order valence-corrected chi connectivity index (χ4v) is 4.59. The van der Waals surface area contributed by atoms with Crippen molar-refractivity contribution < 1.29 is 9.13 Å². The molecule has 7 nitrogen and oxygen atoms in total. The quantitative estimate of drug-likeness (QED) is 0.409. The van der Waals surface area contributed by atoms with Gasteiger partial charge in [-0.05, 0) is 51.8 Å². The van der Waals surface area contributed by atoms with Crippen LogP contribution in [0.25, 0.3) is 16.9 Å². The Morgan fingerprint density at radius 3 is 2.79 bits per heavy atom. The van der Waals surface area contributed by atoms with Crippen LogP contribution < -0.4 is 5.56 Å². The van der Waals surface area contributed by atoms with Crippen molar-refractivity contribution in [3.63, 3.8) is 0 Å². The van der Waals surface area contributed by atoms with E-state index in [2.05, 4.69) is 10.1 Å². The highest BCUT2D eigenvalue weighted by molar-refractivity contribution is 6.30. The number of fused-ring (bicyclic) bond motifs is 1. The second-order valence-electron chi connectivity index (χ2n) is 8.67. The van der Waals surface area contributed by atoms with Crippen LogP contribution in [0, 0.1) is 19.7 Å². The minimum Gasteiger partial charge on any atom is -0.373 e.